The van der Waals surface area contributed by atoms with Crippen LogP contribution in [0.5, 0.6) is 0 Å². The quantitative estimate of drug-likeness (QED) is 0.369. The van der Waals surface area contributed by atoms with Gasteiger partial charge in [0.2, 0.25) is 0 Å². The van der Waals surface area contributed by atoms with Gasteiger partial charge in [0.1, 0.15) is 0 Å². The highest BCUT2D eigenvalue weighted by molar-refractivity contribution is 5.81. The summed E-state index contributed by atoms with van der Waals surface area (Å²) < 4.78 is 0. The van der Waals surface area contributed by atoms with Crippen LogP contribution in [0.15, 0.2) is 61.2 Å². The number of hydrogen-bond donors (Lipinski definition) is 0. The van der Waals surface area contributed by atoms with E-state index < -0.39 is 0 Å². The predicted octanol–water partition coefficient (Wildman–Crippen LogP) is 7.28. The van der Waals surface area contributed by atoms with Gasteiger partial charge in [-0.25, -0.2) is 0 Å². The topological polar surface area (TPSA) is 0 Å². The Hall–Kier alpha value is -2.08. The lowest BCUT2D eigenvalue weighted by Gasteiger charge is -2.28. The fraction of sp³-hybridized carbons (Fsp3) is 0.360. The molecule has 1 aliphatic carbocycles. The number of aryl methyl sites for hydroxylation is 2. The van der Waals surface area contributed by atoms with E-state index in [-0.39, 0.29) is 5.41 Å². The highest BCUT2D eigenvalue weighted by Crippen LogP contribution is 2.51. The maximum absolute atomic E-state index is 3.73. The second kappa shape index (κ2) is 7.44. The first-order valence-electron chi connectivity index (χ1n) is 9.56. The number of fused-ring (bicyclic) bond motifs is 3. The molecule has 0 bridgehead atoms. The molecule has 0 aliphatic heterocycles. The Labute approximate surface area is 153 Å². The predicted molar refractivity (Wildman–Crippen MR) is 110 cm³/mol. The van der Waals surface area contributed by atoms with Gasteiger partial charge in [0.05, 0.1) is 0 Å². The van der Waals surface area contributed by atoms with Gasteiger partial charge in [-0.2, -0.15) is 0 Å². The van der Waals surface area contributed by atoms with E-state index in [0.717, 1.165) is 6.42 Å². The highest BCUT2D eigenvalue weighted by Gasteiger charge is 2.38. The third-order valence-electron chi connectivity index (χ3n) is 5.65. The summed E-state index contributed by atoms with van der Waals surface area (Å²) in [5.41, 5.74) is 8.82. The van der Waals surface area contributed by atoms with Gasteiger partial charge < -0.3 is 0 Å². The van der Waals surface area contributed by atoms with Crippen LogP contribution in [0.4, 0.5) is 0 Å². The largest absolute Gasteiger partial charge is 0.0991 e. The molecule has 3 rings (SSSR count). The van der Waals surface area contributed by atoms with Crippen LogP contribution in [0.25, 0.3) is 11.1 Å². The molecular formula is C25H30. The molecule has 0 unspecified atom stereocenters. The van der Waals surface area contributed by atoms with Gasteiger partial charge in [-0.1, -0.05) is 92.1 Å². The maximum Gasteiger partial charge on any atom is 0.0187 e. The number of hydrogen-bond acceptors (Lipinski definition) is 0. The van der Waals surface area contributed by atoms with Crippen molar-refractivity contribution in [2.75, 3.05) is 0 Å². The molecule has 0 spiro atoms. The lowest BCUT2D eigenvalue weighted by atomic mass is 9.75. The van der Waals surface area contributed by atoms with E-state index in [1.54, 1.807) is 0 Å². The van der Waals surface area contributed by atoms with Gasteiger partial charge in [0, 0.05) is 5.41 Å². The number of rotatable bonds is 7. The van der Waals surface area contributed by atoms with E-state index >= 15 is 0 Å². The molecule has 2 aromatic rings. The molecule has 0 N–H and O–H groups in total. The summed E-state index contributed by atoms with van der Waals surface area (Å²) >= 11 is 0. The highest BCUT2D eigenvalue weighted by atomic mass is 14.4. The molecular weight excluding hydrogens is 300 g/mol. The molecule has 0 amide bonds. The van der Waals surface area contributed by atoms with Crippen molar-refractivity contribution in [3.8, 4) is 11.1 Å². The summed E-state index contributed by atoms with van der Waals surface area (Å²) in [5.74, 6) is 0. The minimum atomic E-state index is 0.152. The van der Waals surface area contributed by atoms with Crippen LogP contribution in [0.3, 0.4) is 0 Å². The van der Waals surface area contributed by atoms with Crippen molar-refractivity contribution < 1.29 is 0 Å². The van der Waals surface area contributed by atoms with E-state index in [9.17, 15) is 0 Å². The summed E-state index contributed by atoms with van der Waals surface area (Å²) in [4.78, 5) is 0. The van der Waals surface area contributed by atoms with Crippen molar-refractivity contribution >= 4 is 0 Å². The zero-order valence-electron chi connectivity index (χ0n) is 15.9. The number of benzene rings is 2. The molecule has 0 radical (unpaired) electrons. The van der Waals surface area contributed by atoms with Crippen molar-refractivity contribution in [1.82, 2.24) is 0 Å². The lowest BCUT2D eigenvalue weighted by molar-refractivity contribution is 0.489. The summed E-state index contributed by atoms with van der Waals surface area (Å²) in [5, 5.41) is 0. The fourth-order valence-corrected chi connectivity index (χ4v) is 4.22. The standard InChI is InChI=1S/C25H30/c1-5-6-7-8-9-10-11-16-25(4)23-17-19(2)12-14-21(23)22-15-13-20(3)18-24(22)25/h5-7,12-15,17-18H,1,8-11,16H2,2-4H3/b7-6-. The molecule has 0 fully saturated rings. The summed E-state index contributed by atoms with van der Waals surface area (Å²) in [7, 11) is 0. The zero-order valence-corrected chi connectivity index (χ0v) is 15.9. The van der Waals surface area contributed by atoms with Crippen molar-refractivity contribution in [2.45, 2.75) is 58.3 Å². The van der Waals surface area contributed by atoms with E-state index in [0.29, 0.717) is 0 Å². The van der Waals surface area contributed by atoms with Crippen LogP contribution < -0.4 is 0 Å². The molecule has 0 atom stereocenters. The number of allylic oxidation sites excluding steroid dienone is 3. The van der Waals surface area contributed by atoms with Crippen LogP contribution in [-0.4, -0.2) is 0 Å². The van der Waals surface area contributed by atoms with Gasteiger partial charge in [0.25, 0.3) is 0 Å². The Morgan fingerprint density at radius 1 is 0.880 bits per heavy atom. The van der Waals surface area contributed by atoms with Crippen LogP contribution in [0.2, 0.25) is 0 Å². The Morgan fingerprint density at radius 2 is 1.48 bits per heavy atom. The monoisotopic (exact) mass is 330 g/mol. The molecule has 2 aromatic carbocycles. The maximum atomic E-state index is 3.73. The van der Waals surface area contributed by atoms with Crippen LogP contribution in [-0.2, 0) is 5.41 Å². The fourth-order valence-electron chi connectivity index (χ4n) is 4.22. The zero-order chi connectivity index (χ0) is 17.9. The molecule has 0 saturated carbocycles. The first-order valence-corrected chi connectivity index (χ1v) is 9.56. The summed E-state index contributed by atoms with van der Waals surface area (Å²) in [6.07, 6.45) is 12.4. The van der Waals surface area contributed by atoms with E-state index in [4.69, 9.17) is 0 Å². The smallest absolute Gasteiger partial charge is 0.0187 e. The summed E-state index contributed by atoms with van der Waals surface area (Å²) in [6, 6.07) is 14.0. The Balaban J connectivity index is 1.82. The van der Waals surface area contributed by atoms with Crippen molar-refractivity contribution in [3.63, 3.8) is 0 Å². The second-order valence-electron chi connectivity index (χ2n) is 7.69. The van der Waals surface area contributed by atoms with Gasteiger partial charge in [-0.15, -0.1) is 0 Å². The Kier molecular flexibility index (Phi) is 5.27. The normalized spacial score (nSPS) is 14.5. The lowest BCUT2D eigenvalue weighted by Crippen LogP contribution is -2.21. The molecule has 25 heavy (non-hydrogen) atoms. The second-order valence-corrected chi connectivity index (χ2v) is 7.69. The molecule has 1 aliphatic rings. The molecule has 130 valence electrons. The molecule has 0 saturated heterocycles. The van der Waals surface area contributed by atoms with E-state index in [2.05, 4.69) is 75.9 Å². The van der Waals surface area contributed by atoms with Crippen molar-refractivity contribution in [1.29, 1.82) is 0 Å². The SMILES string of the molecule is C=C/C=C\CCCCCC1(C)c2cc(C)ccc2-c2ccc(C)cc21. The first-order chi connectivity index (χ1) is 12.1. The Morgan fingerprint density at radius 3 is 2.04 bits per heavy atom. The minimum Gasteiger partial charge on any atom is -0.0991 e. The van der Waals surface area contributed by atoms with E-state index in [1.807, 2.05) is 6.08 Å². The van der Waals surface area contributed by atoms with Crippen LogP contribution >= 0.6 is 0 Å². The van der Waals surface area contributed by atoms with Crippen LogP contribution in [0.1, 0.15) is 61.3 Å². The third kappa shape index (κ3) is 3.49. The van der Waals surface area contributed by atoms with Gasteiger partial charge in [-0.05, 0) is 55.4 Å². The molecule has 0 heteroatoms. The minimum absolute atomic E-state index is 0.152. The Bertz CT molecular complexity index is 740. The molecule has 0 nitrogen and oxygen atoms in total. The number of unbranched alkanes of at least 4 members (excludes halogenated alkanes) is 3. The van der Waals surface area contributed by atoms with E-state index in [1.165, 1.54) is 59.1 Å². The van der Waals surface area contributed by atoms with Gasteiger partial charge >= 0.3 is 0 Å². The average Bonchev–Trinajstić information content (AvgIpc) is 2.83. The summed E-state index contributed by atoms with van der Waals surface area (Å²) in [6.45, 7) is 10.6. The average molecular weight is 331 g/mol. The van der Waals surface area contributed by atoms with Crippen molar-refractivity contribution in [2.24, 2.45) is 0 Å². The molecule has 0 aromatic heterocycles. The molecule has 0 heterocycles. The van der Waals surface area contributed by atoms with Gasteiger partial charge in [-0.3, -0.25) is 0 Å². The first kappa shape index (κ1) is 17.7. The van der Waals surface area contributed by atoms with Gasteiger partial charge in [0.15, 0.2) is 0 Å². The third-order valence-corrected chi connectivity index (χ3v) is 5.65. The van der Waals surface area contributed by atoms with Crippen molar-refractivity contribution in [3.05, 3.63) is 83.5 Å². The van der Waals surface area contributed by atoms with Crippen LogP contribution in [0, 0.1) is 13.8 Å².